The van der Waals surface area contributed by atoms with E-state index in [2.05, 4.69) is 19.9 Å². The fourth-order valence-electron chi connectivity index (χ4n) is 6.18. The number of anilines is 1. The Morgan fingerprint density at radius 2 is 1.76 bits per heavy atom. The van der Waals surface area contributed by atoms with Crippen molar-refractivity contribution in [3.8, 4) is 5.75 Å². The number of ether oxygens (including phenoxy) is 1. The number of likely N-dealkylation sites (tertiary alicyclic amines) is 1. The van der Waals surface area contributed by atoms with Gasteiger partial charge in [0.15, 0.2) is 0 Å². The lowest BCUT2D eigenvalue weighted by Crippen LogP contribution is -2.42. The average molecular weight is 647 g/mol. The summed E-state index contributed by atoms with van der Waals surface area (Å²) >= 11 is 6.04. The highest BCUT2D eigenvalue weighted by molar-refractivity contribution is 7.90. The van der Waals surface area contributed by atoms with Crippen molar-refractivity contribution in [3.05, 3.63) is 119 Å². The van der Waals surface area contributed by atoms with E-state index in [1.807, 2.05) is 36.4 Å². The number of hydrogen-bond acceptors (Lipinski definition) is 7. The van der Waals surface area contributed by atoms with E-state index in [1.165, 1.54) is 6.07 Å². The Kier molecular flexibility index (Phi) is 9.09. The maximum Gasteiger partial charge on any atom is 0.333 e. The number of urea groups is 1. The molecule has 45 heavy (non-hydrogen) atoms. The van der Waals surface area contributed by atoms with Gasteiger partial charge in [0.2, 0.25) is 0 Å². The number of amides is 2. The first-order chi connectivity index (χ1) is 21.7. The zero-order valence-electron chi connectivity index (χ0n) is 24.7. The van der Waals surface area contributed by atoms with Crippen LogP contribution in [0.25, 0.3) is 0 Å². The Morgan fingerprint density at radius 1 is 1.00 bits per heavy atom. The first-order valence-electron chi connectivity index (χ1n) is 15.0. The van der Waals surface area contributed by atoms with Gasteiger partial charge in [0, 0.05) is 41.5 Å². The van der Waals surface area contributed by atoms with E-state index in [9.17, 15) is 18.3 Å². The van der Waals surface area contributed by atoms with E-state index in [4.69, 9.17) is 16.3 Å². The third kappa shape index (κ3) is 7.15. The van der Waals surface area contributed by atoms with Gasteiger partial charge in [-0.25, -0.2) is 17.9 Å². The van der Waals surface area contributed by atoms with Gasteiger partial charge < -0.3 is 20.1 Å². The molecule has 0 saturated carbocycles. The minimum Gasteiger partial charge on any atom is -0.487 e. The van der Waals surface area contributed by atoms with Crippen molar-refractivity contribution in [1.29, 1.82) is 0 Å². The molecule has 0 aliphatic carbocycles. The smallest absolute Gasteiger partial charge is 0.333 e. The largest absolute Gasteiger partial charge is 0.487 e. The van der Waals surface area contributed by atoms with E-state index >= 15 is 0 Å². The third-order valence-corrected chi connectivity index (χ3v) is 10.2. The Hall–Kier alpha value is -3.96. The highest BCUT2D eigenvalue weighted by atomic mass is 35.5. The predicted octanol–water partition coefficient (Wildman–Crippen LogP) is 6.03. The van der Waals surface area contributed by atoms with E-state index in [0.29, 0.717) is 29.3 Å². The summed E-state index contributed by atoms with van der Waals surface area (Å²) in [6, 6.07) is 23.8. The molecule has 1 saturated heterocycles. The molecule has 2 aliphatic rings. The fraction of sp³-hybridized carbons (Fsp3) is 0.294. The van der Waals surface area contributed by atoms with Crippen molar-refractivity contribution in [2.24, 2.45) is 0 Å². The predicted molar refractivity (Wildman–Crippen MR) is 173 cm³/mol. The lowest BCUT2D eigenvalue weighted by Gasteiger charge is -2.38. The molecule has 0 radical (unpaired) electrons. The number of pyridine rings is 1. The average Bonchev–Trinajstić information content (AvgIpc) is 3.19. The highest BCUT2D eigenvalue weighted by Crippen LogP contribution is 2.41. The van der Waals surface area contributed by atoms with Crippen LogP contribution in [-0.2, 0) is 22.2 Å². The first-order valence-corrected chi connectivity index (χ1v) is 16.9. The Balaban J connectivity index is 1.16. The number of hydrogen-bond donors (Lipinski definition) is 3. The molecule has 234 valence electrons. The van der Waals surface area contributed by atoms with Crippen LogP contribution >= 0.6 is 11.6 Å². The molecule has 4 aromatic rings. The molecule has 3 heterocycles. The Bertz CT molecular complexity index is 1760. The summed E-state index contributed by atoms with van der Waals surface area (Å²) in [6.07, 6.45) is 4.57. The molecule has 9 nitrogen and oxygen atoms in total. The molecular weight excluding hydrogens is 612 g/mol. The van der Waals surface area contributed by atoms with E-state index in [0.717, 1.165) is 54.9 Å². The van der Waals surface area contributed by atoms with Crippen LogP contribution < -0.4 is 14.8 Å². The summed E-state index contributed by atoms with van der Waals surface area (Å²) in [4.78, 5) is 19.4. The summed E-state index contributed by atoms with van der Waals surface area (Å²) in [5, 5.41) is 14.5. The van der Waals surface area contributed by atoms with E-state index in [1.54, 1.807) is 48.7 Å². The van der Waals surface area contributed by atoms with Crippen molar-refractivity contribution in [2.45, 2.75) is 48.7 Å². The lowest BCUT2D eigenvalue weighted by molar-refractivity contribution is -0.0261. The summed E-state index contributed by atoms with van der Waals surface area (Å²) in [5.74, 6) is 0.437. The molecule has 11 heteroatoms. The minimum atomic E-state index is -4.17. The summed E-state index contributed by atoms with van der Waals surface area (Å²) in [6.45, 7) is 2.64. The van der Waals surface area contributed by atoms with Gasteiger partial charge in [-0.2, -0.15) is 0 Å². The molecule has 3 N–H and O–H groups in total. The zero-order valence-corrected chi connectivity index (χ0v) is 26.2. The number of sulfonamides is 1. The van der Waals surface area contributed by atoms with Gasteiger partial charge in [-0.3, -0.25) is 4.98 Å². The number of carbonyl (C=O) groups excluding carboxylic acids is 1. The van der Waals surface area contributed by atoms with Crippen LogP contribution in [0.1, 0.15) is 54.0 Å². The highest BCUT2D eigenvalue weighted by Gasteiger charge is 2.34. The number of aromatic nitrogens is 1. The number of piperidine rings is 1. The monoisotopic (exact) mass is 646 g/mol. The molecule has 0 spiro atoms. The number of nitrogens with one attached hydrogen (secondary N) is 2. The number of benzene rings is 3. The number of carbonyl (C=O) groups is 1. The van der Waals surface area contributed by atoms with Crippen LogP contribution in [0.15, 0.2) is 96.0 Å². The second-order valence-electron chi connectivity index (χ2n) is 11.5. The topological polar surface area (TPSA) is 121 Å². The molecule has 1 aromatic heterocycles. The third-order valence-electron chi connectivity index (χ3n) is 8.62. The summed E-state index contributed by atoms with van der Waals surface area (Å²) in [7, 11) is -4.17. The standard InChI is InChI=1S/C34H35ClN4O5S/c35-25-12-10-24(11-13-25)34(41)16-20-39(21-17-34)19-5-9-28-29-8-4-18-36-31(29)23-44-32-15-14-27(22-30(28)32)45(42,43)38-33(40)37-26-6-2-1-3-7-26/h1-4,6-8,10-15,18,22,28,41H,5,9,16-17,19-21,23H2,(H2,37,38,40). The van der Waals surface area contributed by atoms with Crippen LogP contribution in [0, 0.1) is 0 Å². The van der Waals surface area contributed by atoms with Crippen molar-refractivity contribution in [3.63, 3.8) is 0 Å². The van der Waals surface area contributed by atoms with Gasteiger partial charge in [-0.1, -0.05) is 48.0 Å². The summed E-state index contributed by atoms with van der Waals surface area (Å²) < 4.78 is 34.8. The molecule has 2 aliphatic heterocycles. The van der Waals surface area contributed by atoms with Crippen molar-refractivity contribution in [1.82, 2.24) is 14.6 Å². The molecule has 2 amide bonds. The number of para-hydroxylation sites is 1. The van der Waals surface area contributed by atoms with Crippen molar-refractivity contribution >= 4 is 33.3 Å². The molecule has 1 unspecified atom stereocenters. The van der Waals surface area contributed by atoms with Gasteiger partial charge >= 0.3 is 6.03 Å². The van der Waals surface area contributed by atoms with Crippen LogP contribution in [0.3, 0.4) is 0 Å². The number of rotatable bonds is 8. The second kappa shape index (κ2) is 13.2. The van der Waals surface area contributed by atoms with Crippen LogP contribution in [0.2, 0.25) is 5.02 Å². The van der Waals surface area contributed by atoms with Gasteiger partial charge in [0.25, 0.3) is 10.0 Å². The maximum absolute atomic E-state index is 13.3. The molecule has 1 atom stereocenters. The van der Waals surface area contributed by atoms with Crippen LogP contribution in [0.4, 0.5) is 10.5 Å². The molecule has 0 bridgehead atoms. The number of fused-ring (bicyclic) bond motifs is 2. The van der Waals surface area contributed by atoms with Gasteiger partial charge in [-0.15, -0.1) is 0 Å². The van der Waals surface area contributed by atoms with Gasteiger partial charge in [0.05, 0.1) is 16.2 Å². The van der Waals surface area contributed by atoms with Crippen LogP contribution in [-0.4, -0.2) is 49.1 Å². The molecule has 6 rings (SSSR count). The van der Waals surface area contributed by atoms with Crippen molar-refractivity contribution < 1.29 is 23.1 Å². The van der Waals surface area contributed by atoms with Gasteiger partial charge in [-0.05, 0) is 91.9 Å². The maximum atomic E-state index is 13.3. The van der Waals surface area contributed by atoms with E-state index in [-0.39, 0.29) is 17.4 Å². The Morgan fingerprint density at radius 3 is 2.51 bits per heavy atom. The number of halogens is 1. The number of aliphatic hydroxyl groups is 1. The molecule has 1 fully saturated rings. The SMILES string of the molecule is O=C(Nc1ccccc1)NS(=O)(=O)c1ccc2c(c1)C(CCCN1CCC(O)(c3ccc(Cl)cc3)CC1)c1cccnc1CO2. The zero-order chi connectivity index (χ0) is 31.4. The lowest BCUT2D eigenvalue weighted by atomic mass is 9.84. The quantitative estimate of drug-likeness (QED) is 0.214. The first kappa shape index (κ1) is 31.0. The number of nitrogens with zero attached hydrogens (tertiary/aromatic N) is 2. The normalized spacial score (nSPS) is 17.7. The van der Waals surface area contributed by atoms with Gasteiger partial charge in [0.1, 0.15) is 12.4 Å². The minimum absolute atomic E-state index is 0.0251. The van der Waals surface area contributed by atoms with Crippen LogP contribution in [0.5, 0.6) is 5.75 Å². The van der Waals surface area contributed by atoms with Crippen molar-refractivity contribution in [2.75, 3.05) is 25.0 Å². The molecular formula is C34H35ClN4O5S. The second-order valence-corrected chi connectivity index (χ2v) is 13.6. The van der Waals surface area contributed by atoms with E-state index < -0.39 is 21.7 Å². The molecule has 3 aromatic carbocycles. The fourth-order valence-corrected chi connectivity index (χ4v) is 7.25. The Labute approximate surface area is 268 Å². The summed E-state index contributed by atoms with van der Waals surface area (Å²) in [5.41, 5.74) is 3.06.